The molecular formula is C36H64N4O6. The summed E-state index contributed by atoms with van der Waals surface area (Å²) in [5, 5.41) is 3.09. The van der Waals surface area contributed by atoms with Gasteiger partial charge in [0, 0.05) is 31.6 Å². The van der Waals surface area contributed by atoms with Crippen LogP contribution in [0.25, 0.3) is 0 Å². The molecule has 1 N–H and O–H groups in total. The fourth-order valence-electron chi connectivity index (χ4n) is 6.49. The summed E-state index contributed by atoms with van der Waals surface area (Å²) in [5.41, 5.74) is -0.702. The van der Waals surface area contributed by atoms with Crippen LogP contribution in [0.15, 0.2) is 11.6 Å². The maximum absolute atomic E-state index is 14.0. The zero-order chi connectivity index (χ0) is 35.3. The first-order valence-electron chi connectivity index (χ1n) is 17.3. The minimum absolute atomic E-state index is 0.0211. The molecule has 0 aromatic heterocycles. The quantitative estimate of drug-likeness (QED) is 0.250. The number of hydrogen-bond acceptors (Lipinski definition) is 7. The first-order chi connectivity index (χ1) is 21.0. The number of nitrogens with zero attached hydrogens (tertiary/aromatic N) is 3. The summed E-state index contributed by atoms with van der Waals surface area (Å²) < 4.78 is 11.9. The van der Waals surface area contributed by atoms with E-state index in [1.54, 1.807) is 23.8 Å². The molecule has 0 radical (unpaired) electrons. The third kappa shape index (κ3) is 11.1. The van der Waals surface area contributed by atoms with Crippen molar-refractivity contribution in [1.82, 2.24) is 20.0 Å². The van der Waals surface area contributed by atoms with Gasteiger partial charge in [-0.05, 0) is 93.5 Å². The predicted octanol–water partition coefficient (Wildman–Crippen LogP) is 4.95. The van der Waals surface area contributed by atoms with E-state index >= 15 is 0 Å². The van der Waals surface area contributed by atoms with E-state index in [9.17, 15) is 19.2 Å². The number of carbonyl (C=O) groups excluding carboxylic acids is 4. The number of esters is 1. The van der Waals surface area contributed by atoms with Crippen LogP contribution in [0, 0.1) is 11.8 Å². The molecule has 3 amide bonds. The highest BCUT2D eigenvalue weighted by Gasteiger charge is 2.44. The van der Waals surface area contributed by atoms with Crippen molar-refractivity contribution in [3.8, 4) is 0 Å². The molecule has 46 heavy (non-hydrogen) atoms. The van der Waals surface area contributed by atoms with E-state index in [1.807, 2.05) is 75.3 Å². The number of piperidine rings is 1. The minimum Gasteiger partial charge on any atom is -0.458 e. The lowest BCUT2D eigenvalue weighted by molar-refractivity contribution is -0.162. The normalized spacial score (nSPS) is 23.1. The third-order valence-electron chi connectivity index (χ3n) is 8.70. The number of amides is 3. The van der Waals surface area contributed by atoms with Crippen molar-refractivity contribution in [2.75, 3.05) is 20.1 Å². The second kappa shape index (κ2) is 16.1. The molecule has 264 valence electrons. The molecule has 0 bridgehead atoms. The van der Waals surface area contributed by atoms with Gasteiger partial charge in [-0.2, -0.15) is 0 Å². The molecule has 0 spiro atoms. The summed E-state index contributed by atoms with van der Waals surface area (Å²) in [6, 6.07) is -1.91. The Balaban J connectivity index is 2.31. The second-order valence-corrected chi connectivity index (χ2v) is 16.2. The predicted molar refractivity (Wildman–Crippen MR) is 182 cm³/mol. The minimum atomic E-state index is -0.773. The number of carbonyl (C=O) groups is 4. The van der Waals surface area contributed by atoms with Gasteiger partial charge < -0.3 is 24.6 Å². The van der Waals surface area contributed by atoms with Gasteiger partial charge in [-0.3, -0.25) is 19.3 Å². The van der Waals surface area contributed by atoms with Crippen LogP contribution in [0.5, 0.6) is 0 Å². The Kier molecular flexibility index (Phi) is 13.9. The summed E-state index contributed by atoms with van der Waals surface area (Å²) in [7, 11) is 1.73. The van der Waals surface area contributed by atoms with E-state index in [-0.39, 0.29) is 54.3 Å². The lowest BCUT2D eigenvalue weighted by Crippen LogP contribution is -2.58. The van der Waals surface area contributed by atoms with Crippen LogP contribution in [0.4, 0.5) is 0 Å². The first kappa shape index (κ1) is 39.7. The van der Waals surface area contributed by atoms with E-state index in [2.05, 4.69) is 24.1 Å². The summed E-state index contributed by atoms with van der Waals surface area (Å²) >= 11 is 0. The first-order valence-corrected chi connectivity index (χ1v) is 17.3. The van der Waals surface area contributed by atoms with Gasteiger partial charge in [-0.1, -0.05) is 40.2 Å². The molecule has 0 aromatic carbocycles. The van der Waals surface area contributed by atoms with E-state index in [0.717, 1.165) is 25.8 Å². The van der Waals surface area contributed by atoms with Gasteiger partial charge in [0.15, 0.2) is 0 Å². The summed E-state index contributed by atoms with van der Waals surface area (Å²) in [4.78, 5) is 60.2. The van der Waals surface area contributed by atoms with Crippen LogP contribution in [0.2, 0.25) is 0 Å². The smallest absolute Gasteiger partial charge is 0.329 e. The van der Waals surface area contributed by atoms with Crippen molar-refractivity contribution in [3.63, 3.8) is 0 Å². The van der Waals surface area contributed by atoms with Crippen LogP contribution in [0.1, 0.15) is 116 Å². The zero-order valence-corrected chi connectivity index (χ0v) is 31.2. The Bertz CT molecular complexity index is 1100. The Morgan fingerprint density at radius 3 is 2.00 bits per heavy atom. The number of ether oxygens (including phenoxy) is 2. The molecule has 0 aromatic rings. The van der Waals surface area contributed by atoms with Gasteiger partial charge in [0.2, 0.25) is 17.7 Å². The highest BCUT2D eigenvalue weighted by molar-refractivity contribution is 5.96. The van der Waals surface area contributed by atoms with Gasteiger partial charge in [0.1, 0.15) is 17.7 Å². The lowest BCUT2D eigenvalue weighted by Gasteiger charge is -2.39. The van der Waals surface area contributed by atoms with Gasteiger partial charge in [-0.25, -0.2) is 4.79 Å². The van der Waals surface area contributed by atoms with E-state index < -0.39 is 35.3 Å². The molecule has 2 saturated heterocycles. The largest absolute Gasteiger partial charge is 0.458 e. The molecule has 0 saturated carbocycles. The standard InChI is InChI=1S/C36H64N4O6/c1-22(2)28(38(14)33(43)30(23(3)4)37-31(41)27-17-15-16-18-39(27)24(5)6)19-25(7)32(42)40-21-26(45-35(8,9)10)20-29(40)34(44)46-36(11,12)13/h19,22-24,26-30H,15-18,20-21H2,1-14H3,(H,37,41)/b25-19+/t26-,27-,28-,29+,30+/m1/s1. The van der Waals surface area contributed by atoms with E-state index in [0.29, 0.717) is 12.0 Å². The molecule has 10 heteroatoms. The Morgan fingerprint density at radius 1 is 0.891 bits per heavy atom. The fraction of sp³-hybridized carbons (Fsp3) is 0.833. The van der Waals surface area contributed by atoms with Crippen LogP contribution >= 0.6 is 0 Å². The summed E-state index contributed by atoms with van der Waals surface area (Å²) in [6.07, 6.45) is 4.69. The number of likely N-dealkylation sites (N-methyl/N-ethyl adjacent to an activating group) is 1. The Labute approximate surface area is 279 Å². The molecule has 10 nitrogen and oxygen atoms in total. The maximum Gasteiger partial charge on any atom is 0.329 e. The van der Waals surface area contributed by atoms with Crippen molar-refractivity contribution >= 4 is 23.7 Å². The SMILES string of the molecule is C/C(=C\[C@H](C(C)C)N(C)C(=O)[C@@H](NC(=O)[C@H]1CCCCN1C(C)C)C(C)C)C(=O)N1C[C@H](OC(C)(C)C)C[C@H]1C(=O)OC(C)(C)C. The summed E-state index contributed by atoms with van der Waals surface area (Å²) in [5.74, 6) is -1.20. The van der Waals surface area contributed by atoms with E-state index in [1.165, 1.54) is 0 Å². The van der Waals surface area contributed by atoms with Gasteiger partial charge >= 0.3 is 5.97 Å². The number of nitrogens with one attached hydrogen (secondary N) is 1. The molecule has 2 fully saturated rings. The van der Waals surface area contributed by atoms with Gasteiger partial charge in [0.25, 0.3) is 0 Å². The van der Waals surface area contributed by atoms with Crippen molar-refractivity contribution < 1.29 is 28.7 Å². The topological polar surface area (TPSA) is 108 Å². The van der Waals surface area contributed by atoms with Crippen LogP contribution in [-0.4, -0.2) is 106 Å². The molecule has 2 aliphatic heterocycles. The van der Waals surface area contributed by atoms with Crippen LogP contribution in [0.3, 0.4) is 0 Å². The number of hydrogen-bond donors (Lipinski definition) is 1. The molecule has 0 aliphatic carbocycles. The molecular weight excluding hydrogens is 584 g/mol. The lowest BCUT2D eigenvalue weighted by atomic mass is 9.95. The average Bonchev–Trinajstić information content (AvgIpc) is 3.34. The van der Waals surface area contributed by atoms with Crippen molar-refractivity contribution in [2.45, 2.75) is 163 Å². The Hall–Kier alpha value is -2.46. The van der Waals surface area contributed by atoms with Crippen molar-refractivity contribution in [2.24, 2.45) is 11.8 Å². The maximum atomic E-state index is 14.0. The van der Waals surface area contributed by atoms with Crippen LogP contribution in [-0.2, 0) is 28.7 Å². The second-order valence-electron chi connectivity index (χ2n) is 16.2. The van der Waals surface area contributed by atoms with Gasteiger partial charge in [0.05, 0.1) is 23.8 Å². The zero-order valence-electron chi connectivity index (χ0n) is 31.2. The monoisotopic (exact) mass is 648 g/mol. The molecule has 2 aliphatic rings. The molecule has 2 heterocycles. The van der Waals surface area contributed by atoms with E-state index in [4.69, 9.17) is 9.47 Å². The highest BCUT2D eigenvalue weighted by atomic mass is 16.6. The summed E-state index contributed by atoms with van der Waals surface area (Å²) in [6.45, 7) is 26.2. The molecule has 5 atom stereocenters. The van der Waals surface area contributed by atoms with Crippen LogP contribution < -0.4 is 5.32 Å². The number of likely N-dealkylation sites (tertiary alicyclic amines) is 2. The van der Waals surface area contributed by atoms with Crippen molar-refractivity contribution in [3.05, 3.63) is 11.6 Å². The fourth-order valence-corrected chi connectivity index (χ4v) is 6.49. The molecule has 2 rings (SSSR count). The Morgan fingerprint density at radius 2 is 1.50 bits per heavy atom. The van der Waals surface area contributed by atoms with Gasteiger partial charge in [-0.15, -0.1) is 0 Å². The van der Waals surface area contributed by atoms with Crippen molar-refractivity contribution in [1.29, 1.82) is 0 Å². The third-order valence-corrected chi connectivity index (χ3v) is 8.70. The highest BCUT2D eigenvalue weighted by Crippen LogP contribution is 2.29. The number of rotatable bonds is 11. The molecule has 0 unspecified atom stereocenters. The average molecular weight is 649 g/mol.